The summed E-state index contributed by atoms with van der Waals surface area (Å²) in [6.07, 6.45) is 3.28. The minimum Gasteiger partial charge on any atom is -1.00 e. The van der Waals surface area contributed by atoms with Gasteiger partial charge in [0.2, 0.25) is 0 Å². The van der Waals surface area contributed by atoms with Crippen molar-refractivity contribution in [1.29, 1.82) is 0 Å². The SMILES string of the molecule is CCCCCC(=O)O.[2H-]. The van der Waals surface area contributed by atoms with E-state index in [9.17, 15) is 4.79 Å². The molecule has 0 aliphatic carbocycles. The van der Waals surface area contributed by atoms with Gasteiger partial charge in [0.15, 0.2) is 0 Å². The molecule has 0 aliphatic rings. The molecule has 0 amide bonds. The molecule has 0 spiro atoms. The van der Waals surface area contributed by atoms with Crippen molar-refractivity contribution < 1.29 is 11.3 Å². The second-order valence-electron chi connectivity index (χ2n) is 1.85. The van der Waals surface area contributed by atoms with Crippen LogP contribution < -0.4 is 0 Å². The molecule has 0 aromatic rings. The van der Waals surface area contributed by atoms with Gasteiger partial charge in [-0.25, -0.2) is 0 Å². The van der Waals surface area contributed by atoms with E-state index in [1.165, 1.54) is 0 Å². The molecule has 0 saturated carbocycles. The van der Waals surface area contributed by atoms with Gasteiger partial charge in [0.25, 0.3) is 0 Å². The average molecular weight is 118 g/mol. The Morgan fingerprint density at radius 2 is 2.25 bits per heavy atom. The van der Waals surface area contributed by atoms with Crippen molar-refractivity contribution >= 4 is 5.97 Å². The zero-order chi connectivity index (χ0) is 6.41. The fourth-order valence-electron chi connectivity index (χ4n) is 0.526. The van der Waals surface area contributed by atoms with E-state index in [1.54, 1.807) is 0 Å². The lowest BCUT2D eigenvalue weighted by atomic mass is 10.2. The summed E-state index contributed by atoms with van der Waals surface area (Å²) in [7, 11) is 0. The van der Waals surface area contributed by atoms with E-state index in [-0.39, 0.29) is 1.43 Å². The van der Waals surface area contributed by atoms with E-state index in [4.69, 9.17) is 5.11 Å². The molecule has 2 heteroatoms. The van der Waals surface area contributed by atoms with Crippen LogP contribution in [0.4, 0.5) is 0 Å². The van der Waals surface area contributed by atoms with Gasteiger partial charge in [0.05, 0.1) is 0 Å². The van der Waals surface area contributed by atoms with Gasteiger partial charge >= 0.3 is 5.97 Å². The summed E-state index contributed by atoms with van der Waals surface area (Å²) < 4.78 is 0. The zero-order valence-electron chi connectivity index (χ0n) is 6.18. The monoisotopic (exact) mass is 118 g/mol. The first-order valence-corrected chi connectivity index (χ1v) is 2.99. The quantitative estimate of drug-likeness (QED) is 0.571. The lowest BCUT2D eigenvalue weighted by Gasteiger charge is -1.89. The van der Waals surface area contributed by atoms with E-state index >= 15 is 0 Å². The molecule has 0 aromatic heterocycles. The number of hydrogen-bond donors (Lipinski definition) is 1. The maximum atomic E-state index is 9.87. The van der Waals surface area contributed by atoms with Crippen LogP contribution in [0.3, 0.4) is 0 Å². The summed E-state index contributed by atoms with van der Waals surface area (Å²) >= 11 is 0. The molecule has 0 heterocycles. The van der Waals surface area contributed by atoms with Crippen LogP contribution in [0, 0.1) is 0 Å². The standard InChI is InChI=1S/C6H12O2.H/c1-2-3-4-5-6(7)8;/h2-5H2,1H3,(H,7,8);/q;-1/i;1+1. The van der Waals surface area contributed by atoms with E-state index in [0.29, 0.717) is 6.42 Å². The highest BCUT2D eigenvalue weighted by atomic mass is 16.4. The van der Waals surface area contributed by atoms with Crippen molar-refractivity contribution in [2.24, 2.45) is 0 Å². The largest absolute Gasteiger partial charge is 1.00 e. The van der Waals surface area contributed by atoms with Gasteiger partial charge in [-0.05, 0) is 6.42 Å². The maximum Gasteiger partial charge on any atom is 0.303 e. The number of rotatable bonds is 4. The van der Waals surface area contributed by atoms with Crippen LogP contribution in [-0.2, 0) is 4.79 Å². The Labute approximate surface area is 51.0 Å². The van der Waals surface area contributed by atoms with Crippen molar-refractivity contribution in [3.63, 3.8) is 0 Å². The van der Waals surface area contributed by atoms with Crippen molar-refractivity contribution in [1.82, 2.24) is 0 Å². The number of unbranched alkanes of at least 4 members (excludes halogenated alkanes) is 2. The minimum atomic E-state index is -0.682. The van der Waals surface area contributed by atoms with Crippen LogP contribution in [0.2, 0.25) is 0 Å². The third kappa shape index (κ3) is 5.47. The third-order valence-electron chi connectivity index (χ3n) is 0.994. The topological polar surface area (TPSA) is 37.3 Å². The Bertz CT molecular complexity index is 73.5. The molecule has 0 atom stereocenters. The third-order valence-corrected chi connectivity index (χ3v) is 0.994. The molecule has 0 fully saturated rings. The lowest BCUT2D eigenvalue weighted by molar-refractivity contribution is -0.137. The fraction of sp³-hybridized carbons (Fsp3) is 0.833. The first-order valence-electron chi connectivity index (χ1n) is 2.99. The molecule has 50 valence electrons. The molecule has 1 N–H and O–H groups in total. The normalized spacial score (nSPS) is 9.12. The van der Waals surface area contributed by atoms with E-state index in [2.05, 4.69) is 6.92 Å². The molecular weight excluding hydrogens is 104 g/mol. The van der Waals surface area contributed by atoms with Gasteiger partial charge in [-0.2, -0.15) is 0 Å². The molecule has 0 unspecified atom stereocenters. The Hall–Kier alpha value is -0.530. The first-order chi connectivity index (χ1) is 3.77. The van der Waals surface area contributed by atoms with E-state index in [1.807, 2.05) is 0 Å². The number of carbonyl (C=O) groups is 1. The summed E-state index contributed by atoms with van der Waals surface area (Å²) in [6, 6.07) is 0. The van der Waals surface area contributed by atoms with Gasteiger partial charge in [-0.15, -0.1) is 0 Å². The molecule has 0 saturated heterocycles. The Kier molecular flexibility index (Phi) is 4.32. The highest BCUT2D eigenvalue weighted by molar-refractivity contribution is 5.66. The van der Waals surface area contributed by atoms with Gasteiger partial charge in [0, 0.05) is 6.42 Å². The van der Waals surface area contributed by atoms with Crippen LogP contribution in [0.25, 0.3) is 0 Å². The molecule has 8 heavy (non-hydrogen) atoms. The smallest absolute Gasteiger partial charge is 0.303 e. The van der Waals surface area contributed by atoms with Crippen LogP contribution >= 0.6 is 0 Å². The molecule has 0 radical (unpaired) electrons. The van der Waals surface area contributed by atoms with Crippen LogP contribution in [-0.4, -0.2) is 11.1 Å². The van der Waals surface area contributed by atoms with Crippen molar-refractivity contribution in [3.8, 4) is 0 Å². The van der Waals surface area contributed by atoms with Crippen LogP contribution in [0.5, 0.6) is 0 Å². The summed E-state index contributed by atoms with van der Waals surface area (Å²) in [5, 5.41) is 8.14. The van der Waals surface area contributed by atoms with Crippen molar-refractivity contribution in [3.05, 3.63) is 0 Å². The van der Waals surface area contributed by atoms with Gasteiger partial charge in [-0.1, -0.05) is 19.8 Å². The second kappa shape index (κ2) is 4.62. The minimum absolute atomic E-state index is 0. The summed E-state index contributed by atoms with van der Waals surface area (Å²) in [5.74, 6) is -0.682. The highest BCUT2D eigenvalue weighted by Crippen LogP contribution is 1.97. The Balaban J connectivity index is 0. The van der Waals surface area contributed by atoms with E-state index < -0.39 is 5.97 Å². The van der Waals surface area contributed by atoms with Gasteiger partial charge in [0.1, 0.15) is 0 Å². The Morgan fingerprint density at radius 1 is 1.62 bits per heavy atom. The molecule has 0 aromatic carbocycles. The average Bonchev–Trinajstić information content (AvgIpc) is 1.66. The molecule has 0 bridgehead atoms. The van der Waals surface area contributed by atoms with Crippen molar-refractivity contribution in [2.75, 3.05) is 0 Å². The molecule has 0 aliphatic heterocycles. The van der Waals surface area contributed by atoms with Crippen molar-refractivity contribution in [2.45, 2.75) is 32.6 Å². The summed E-state index contributed by atoms with van der Waals surface area (Å²) in [4.78, 5) is 9.87. The maximum absolute atomic E-state index is 9.87. The number of carboxylic acids is 1. The fourth-order valence-corrected chi connectivity index (χ4v) is 0.526. The van der Waals surface area contributed by atoms with Crippen LogP contribution in [0.15, 0.2) is 0 Å². The van der Waals surface area contributed by atoms with E-state index in [0.717, 1.165) is 19.3 Å². The molecule has 2 nitrogen and oxygen atoms in total. The molecular formula is C6H13O2-. The molecule has 0 rings (SSSR count). The predicted molar refractivity (Wildman–Crippen MR) is 32.9 cm³/mol. The van der Waals surface area contributed by atoms with Gasteiger partial charge < -0.3 is 6.53 Å². The number of hydrogen-bond acceptors (Lipinski definition) is 1. The second-order valence-corrected chi connectivity index (χ2v) is 1.85. The Morgan fingerprint density at radius 3 is 2.62 bits per heavy atom. The summed E-state index contributed by atoms with van der Waals surface area (Å²) in [5.41, 5.74) is 0. The number of aliphatic carboxylic acids is 1. The number of carboxylic acid groups (broad SMARTS) is 1. The first kappa shape index (κ1) is 7.47. The van der Waals surface area contributed by atoms with Crippen LogP contribution in [0.1, 0.15) is 34.0 Å². The van der Waals surface area contributed by atoms with Gasteiger partial charge in [-0.3, -0.25) is 4.79 Å². The lowest BCUT2D eigenvalue weighted by Crippen LogP contribution is -1.92. The predicted octanol–water partition coefficient (Wildman–Crippen LogP) is 1.76. The summed E-state index contributed by atoms with van der Waals surface area (Å²) in [6.45, 7) is 2.06. The zero-order valence-corrected chi connectivity index (χ0v) is 5.18. The highest BCUT2D eigenvalue weighted by Gasteiger charge is 1.92.